The Kier molecular flexibility index (Phi) is 5.68. The van der Waals surface area contributed by atoms with Crippen LogP contribution in [-0.4, -0.2) is 54.3 Å². The van der Waals surface area contributed by atoms with E-state index in [1.54, 1.807) is 12.1 Å². The zero-order valence-corrected chi connectivity index (χ0v) is 16.5. The first-order valence-corrected chi connectivity index (χ1v) is 9.95. The number of anilines is 1. The van der Waals surface area contributed by atoms with Gasteiger partial charge in [-0.3, -0.25) is 14.7 Å². The van der Waals surface area contributed by atoms with Crippen molar-refractivity contribution < 1.29 is 4.74 Å². The molecule has 0 radical (unpaired) electrons. The van der Waals surface area contributed by atoms with Crippen LogP contribution in [0.4, 0.5) is 5.95 Å². The van der Waals surface area contributed by atoms with Crippen molar-refractivity contribution in [1.29, 1.82) is 0 Å². The molecular formula is C19H22Cl2N4O2. The number of halogens is 2. The number of aromatic nitrogens is 2. The Hall–Kier alpha value is -1.60. The van der Waals surface area contributed by atoms with E-state index in [4.69, 9.17) is 32.9 Å². The van der Waals surface area contributed by atoms with Crippen LogP contribution in [0.3, 0.4) is 0 Å². The molecule has 8 heteroatoms. The summed E-state index contributed by atoms with van der Waals surface area (Å²) in [7, 11) is 0. The number of ether oxygens (including phenoxy) is 1. The lowest BCUT2D eigenvalue weighted by atomic mass is 10.0. The Labute approximate surface area is 168 Å². The molecule has 2 aromatic rings. The van der Waals surface area contributed by atoms with Crippen molar-refractivity contribution in [3.05, 3.63) is 55.9 Å². The molecule has 0 unspecified atom stereocenters. The van der Waals surface area contributed by atoms with E-state index in [1.807, 2.05) is 12.1 Å². The van der Waals surface area contributed by atoms with Gasteiger partial charge in [-0.05, 0) is 24.6 Å². The predicted octanol–water partition coefficient (Wildman–Crippen LogP) is 2.90. The number of H-pyrrole nitrogens is 1. The zero-order valence-electron chi connectivity index (χ0n) is 15.0. The monoisotopic (exact) mass is 408 g/mol. The molecule has 144 valence electrons. The van der Waals surface area contributed by atoms with E-state index in [0.717, 1.165) is 50.4 Å². The third-order valence-electron chi connectivity index (χ3n) is 5.18. The first kappa shape index (κ1) is 18.7. The largest absolute Gasteiger partial charge is 0.378 e. The lowest BCUT2D eigenvalue weighted by molar-refractivity contribution is 0.122. The molecule has 6 nitrogen and oxygen atoms in total. The molecule has 1 aromatic heterocycles. The van der Waals surface area contributed by atoms with E-state index in [-0.39, 0.29) is 11.5 Å². The van der Waals surface area contributed by atoms with Crippen molar-refractivity contribution in [3.63, 3.8) is 0 Å². The van der Waals surface area contributed by atoms with E-state index < -0.39 is 0 Å². The average Bonchev–Trinajstić information content (AvgIpc) is 3.14. The van der Waals surface area contributed by atoms with Crippen LogP contribution >= 0.6 is 23.2 Å². The number of hydrogen-bond donors (Lipinski definition) is 1. The predicted molar refractivity (Wildman–Crippen MR) is 107 cm³/mol. The molecule has 2 fully saturated rings. The minimum Gasteiger partial charge on any atom is -0.378 e. The van der Waals surface area contributed by atoms with Gasteiger partial charge in [0.05, 0.1) is 29.0 Å². The Morgan fingerprint density at radius 1 is 1.22 bits per heavy atom. The van der Waals surface area contributed by atoms with Crippen molar-refractivity contribution >= 4 is 29.2 Å². The molecule has 0 amide bonds. The number of morpholine rings is 1. The Morgan fingerprint density at radius 2 is 2.04 bits per heavy atom. The van der Waals surface area contributed by atoms with Gasteiger partial charge in [0.15, 0.2) is 0 Å². The van der Waals surface area contributed by atoms with E-state index in [9.17, 15) is 4.79 Å². The summed E-state index contributed by atoms with van der Waals surface area (Å²) in [5, 5.41) is 1.20. The van der Waals surface area contributed by atoms with Gasteiger partial charge in [0.1, 0.15) is 0 Å². The maximum absolute atomic E-state index is 12.2. The Morgan fingerprint density at radius 3 is 2.85 bits per heavy atom. The van der Waals surface area contributed by atoms with Gasteiger partial charge < -0.3 is 9.64 Å². The van der Waals surface area contributed by atoms with E-state index in [1.165, 1.54) is 0 Å². The van der Waals surface area contributed by atoms with Crippen molar-refractivity contribution in [2.24, 2.45) is 0 Å². The summed E-state index contributed by atoms with van der Waals surface area (Å²) < 4.78 is 5.38. The third-order valence-corrected chi connectivity index (χ3v) is 6.03. The summed E-state index contributed by atoms with van der Waals surface area (Å²) in [6.07, 6.45) is 0.969. The Balaban J connectivity index is 1.47. The van der Waals surface area contributed by atoms with Gasteiger partial charge in [-0.1, -0.05) is 35.3 Å². The highest BCUT2D eigenvalue weighted by molar-refractivity contribution is 6.42. The minimum absolute atomic E-state index is 0.0992. The summed E-state index contributed by atoms with van der Waals surface area (Å²) in [5.74, 6) is 0.891. The number of benzene rings is 1. The number of likely N-dealkylation sites (tertiary alicyclic amines) is 1. The number of rotatable bonds is 4. The molecule has 0 saturated carbocycles. The zero-order chi connectivity index (χ0) is 18.8. The first-order valence-electron chi connectivity index (χ1n) is 9.19. The second-order valence-electron chi connectivity index (χ2n) is 7.03. The first-order chi connectivity index (χ1) is 13.1. The van der Waals surface area contributed by atoms with Gasteiger partial charge in [0.25, 0.3) is 5.56 Å². The van der Waals surface area contributed by atoms with Gasteiger partial charge in [-0.2, -0.15) is 0 Å². The van der Waals surface area contributed by atoms with Crippen LogP contribution in [0.25, 0.3) is 0 Å². The summed E-state index contributed by atoms with van der Waals surface area (Å²) in [5.41, 5.74) is 1.79. The minimum atomic E-state index is -0.0992. The molecule has 2 saturated heterocycles. The van der Waals surface area contributed by atoms with Gasteiger partial charge in [-0.25, -0.2) is 4.98 Å². The van der Waals surface area contributed by atoms with Crippen molar-refractivity contribution in [2.45, 2.75) is 18.9 Å². The summed E-state index contributed by atoms with van der Waals surface area (Å²) in [6.45, 7) is 5.34. The quantitative estimate of drug-likeness (QED) is 0.842. The summed E-state index contributed by atoms with van der Waals surface area (Å²) in [6, 6.07) is 7.35. The molecular weight excluding hydrogens is 387 g/mol. The molecule has 1 atom stereocenters. The van der Waals surface area contributed by atoms with Gasteiger partial charge in [-0.15, -0.1) is 0 Å². The van der Waals surface area contributed by atoms with Gasteiger partial charge >= 0.3 is 0 Å². The van der Waals surface area contributed by atoms with Crippen molar-refractivity contribution in [2.75, 3.05) is 44.3 Å². The molecule has 0 bridgehead atoms. The van der Waals surface area contributed by atoms with E-state index in [0.29, 0.717) is 29.2 Å². The maximum Gasteiger partial charge on any atom is 0.252 e. The van der Waals surface area contributed by atoms with Crippen LogP contribution in [0.2, 0.25) is 10.0 Å². The highest BCUT2D eigenvalue weighted by Gasteiger charge is 2.27. The number of nitrogens with zero attached hydrogens (tertiary/aromatic N) is 3. The fourth-order valence-electron chi connectivity index (χ4n) is 3.73. The van der Waals surface area contributed by atoms with Crippen molar-refractivity contribution in [1.82, 2.24) is 14.9 Å². The van der Waals surface area contributed by atoms with Crippen LogP contribution in [0.15, 0.2) is 29.1 Å². The van der Waals surface area contributed by atoms with Gasteiger partial charge in [0.2, 0.25) is 5.95 Å². The smallest absolute Gasteiger partial charge is 0.252 e. The van der Waals surface area contributed by atoms with Crippen LogP contribution in [-0.2, 0) is 11.3 Å². The summed E-state index contributed by atoms with van der Waals surface area (Å²) >= 11 is 12.4. The normalized spacial score (nSPS) is 21.0. The molecule has 1 N–H and O–H groups in total. The number of nitrogens with one attached hydrogen (secondary N) is 1. The molecule has 1 aromatic carbocycles. The topological polar surface area (TPSA) is 61.5 Å². The lowest BCUT2D eigenvalue weighted by Crippen LogP contribution is -2.38. The van der Waals surface area contributed by atoms with Crippen molar-refractivity contribution in [3.8, 4) is 0 Å². The highest BCUT2D eigenvalue weighted by atomic mass is 35.5. The average molecular weight is 409 g/mol. The van der Waals surface area contributed by atoms with E-state index >= 15 is 0 Å². The van der Waals surface area contributed by atoms with E-state index in [2.05, 4.69) is 14.8 Å². The fourth-order valence-corrected chi connectivity index (χ4v) is 4.11. The second kappa shape index (κ2) is 8.19. The standard InChI is InChI=1S/C19H22Cl2N4O2/c20-15-3-1-2-14(18(15)21)12-24-5-4-13(11-24)16-10-17(26)23-19(22-16)25-6-8-27-9-7-25/h1-3,10,13H,4-9,11-12H2,(H,22,23,26)/t13-/m1/s1. The lowest BCUT2D eigenvalue weighted by Gasteiger charge is -2.27. The van der Waals surface area contributed by atoms with Crippen LogP contribution in [0.1, 0.15) is 23.6 Å². The second-order valence-corrected chi connectivity index (χ2v) is 7.81. The molecule has 2 aliphatic rings. The SMILES string of the molecule is O=c1cc([C@@H]2CCN(Cc3cccc(Cl)c3Cl)C2)nc(N2CCOCC2)[nH]1. The number of aromatic amines is 1. The molecule has 27 heavy (non-hydrogen) atoms. The maximum atomic E-state index is 12.2. The molecule has 0 spiro atoms. The van der Waals surface area contributed by atoms with Crippen LogP contribution in [0, 0.1) is 0 Å². The molecule has 4 rings (SSSR count). The Bertz CT molecular complexity index is 867. The molecule has 3 heterocycles. The highest BCUT2D eigenvalue weighted by Crippen LogP contribution is 2.31. The van der Waals surface area contributed by atoms with Crippen LogP contribution in [0.5, 0.6) is 0 Å². The molecule has 2 aliphatic heterocycles. The summed E-state index contributed by atoms with van der Waals surface area (Å²) in [4.78, 5) is 24.2. The number of hydrogen-bond acceptors (Lipinski definition) is 5. The third kappa shape index (κ3) is 4.29. The molecule has 0 aliphatic carbocycles. The fraction of sp³-hybridized carbons (Fsp3) is 0.474. The van der Waals surface area contributed by atoms with Crippen LogP contribution < -0.4 is 10.5 Å². The van der Waals surface area contributed by atoms with Gasteiger partial charge in [0, 0.05) is 38.2 Å².